The molecule has 3 aromatic heterocycles. The van der Waals surface area contributed by atoms with Gasteiger partial charge in [-0.15, -0.1) is 0 Å². The second kappa shape index (κ2) is 8.97. The zero-order valence-corrected chi connectivity index (χ0v) is 19.5. The molecule has 0 radical (unpaired) electrons. The van der Waals surface area contributed by atoms with Crippen LogP contribution in [0.4, 0.5) is 0 Å². The Hall–Kier alpha value is -3.81. The van der Waals surface area contributed by atoms with Gasteiger partial charge in [-0.05, 0) is 24.1 Å². The summed E-state index contributed by atoms with van der Waals surface area (Å²) in [6.07, 6.45) is 3.62. The predicted octanol–water partition coefficient (Wildman–Crippen LogP) is 3.17. The van der Waals surface area contributed by atoms with E-state index in [0.717, 1.165) is 17.0 Å². The van der Waals surface area contributed by atoms with Gasteiger partial charge in [-0.25, -0.2) is 4.79 Å². The fourth-order valence-corrected chi connectivity index (χ4v) is 4.06. The molecule has 0 atom stereocenters. The Balaban J connectivity index is 2.02. The molecule has 8 nitrogen and oxygen atoms in total. The van der Waals surface area contributed by atoms with E-state index in [1.165, 1.54) is 11.6 Å². The van der Waals surface area contributed by atoms with Crippen LogP contribution >= 0.6 is 0 Å². The summed E-state index contributed by atoms with van der Waals surface area (Å²) < 4.78 is 12.4. The molecule has 4 aromatic rings. The van der Waals surface area contributed by atoms with Crippen LogP contribution in [-0.4, -0.2) is 30.1 Å². The third-order valence-corrected chi connectivity index (χ3v) is 5.61. The van der Waals surface area contributed by atoms with Gasteiger partial charge in [-0.3, -0.25) is 18.6 Å². The van der Waals surface area contributed by atoms with Crippen molar-refractivity contribution in [2.24, 2.45) is 20.0 Å². The third kappa shape index (κ3) is 4.04. The number of benzene rings is 1. The van der Waals surface area contributed by atoms with Gasteiger partial charge in [-0.2, -0.15) is 5.10 Å². The van der Waals surface area contributed by atoms with E-state index in [2.05, 4.69) is 6.58 Å². The summed E-state index contributed by atoms with van der Waals surface area (Å²) in [6, 6.07) is 11.6. The first-order chi connectivity index (χ1) is 15.8. The van der Waals surface area contributed by atoms with Gasteiger partial charge in [0, 0.05) is 32.4 Å². The van der Waals surface area contributed by atoms with E-state index in [0.29, 0.717) is 36.4 Å². The van der Waals surface area contributed by atoms with Crippen LogP contribution < -0.4 is 16.0 Å². The molecule has 8 heteroatoms. The number of hydrogen-bond acceptors (Lipinski definition) is 4. The molecule has 0 amide bonds. The molecule has 0 saturated carbocycles. The number of fused-ring (bicyclic) bond motifs is 1. The molecule has 0 saturated heterocycles. The number of hydrogen-bond donors (Lipinski definition) is 0. The molecule has 0 fully saturated rings. The van der Waals surface area contributed by atoms with Gasteiger partial charge in [0.05, 0.1) is 12.2 Å². The van der Waals surface area contributed by atoms with Gasteiger partial charge in [0.15, 0.2) is 5.65 Å². The highest BCUT2D eigenvalue weighted by atomic mass is 16.5. The fourth-order valence-electron chi connectivity index (χ4n) is 4.06. The summed E-state index contributed by atoms with van der Waals surface area (Å²) in [4.78, 5) is 26.3. The van der Waals surface area contributed by atoms with E-state index in [9.17, 15) is 9.59 Å². The Labute approximate surface area is 192 Å². The fraction of sp³-hybridized carbons (Fsp3) is 0.320. The summed E-state index contributed by atoms with van der Waals surface area (Å²) in [7, 11) is 3.44. The largest absolute Gasteiger partial charge is 0.489 e. The van der Waals surface area contributed by atoms with Crippen molar-refractivity contribution in [1.29, 1.82) is 0 Å². The molecule has 0 aliphatic heterocycles. The lowest BCUT2D eigenvalue weighted by molar-refractivity contribution is 0.357. The molecule has 3 heterocycles. The van der Waals surface area contributed by atoms with Gasteiger partial charge in [-0.1, -0.05) is 44.7 Å². The maximum atomic E-state index is 13.3. The van der Waals surface area contributed by atoms with Crippen molar-refractivity contribution in [3.05, 3.63) is 81.7 Å². The predicted molar refractivity (Wildman–Crippen MR) is 130 cm³/mol. The summed E-state index contributed by atoms with van der Waals surface area (Å²) >= 11 is 0. The van der Waals surface area contributed by atoms with Crippen LogP contribution in [0.3, 0.4) is 0 Å². The first-order valence-electron chi connectivity index (χ1n) is 11.0. The Morgan fingerprint density at radius 3 is 2.55 bits per heavy atom. The van der Waals surface area contributed by atoms with E-state index >= 15 is 0 Å². The number of rotatable bonds is 8. The highest BCUT2D eigenvalue weighted by Gasteiger charge is 2.24. The molecule has 0 aliphatic carbocycles. The van der Waals surface area contributed by atoms with Crippen LogP contribution in [0.2, 0.25) is 0 Å². The summed E-state index contributed by atoms with van der Waals surface area (Å²) in [6.45, 7) is 9.01. The molecule has 172 valence electrons. The lowest BCUT2D eigenvalue weighted by Gasteiger charge is -2.13. The second-order valence-electron chi connectivity index (χ2n) is 8.57. The monoisotopic (exact) mass is 447 g/mol. The number of nitrogens with zero attached hydrogens (tertiary/aromatic N) is 5. The summed E-state index contributed by atoms with van der Waals surface area (Å²) in [5.74, 6) is 0.933. The molecule has 0 unspecified atom stereocenters. The van der Waals surface area contributed by atoms with Crippen molar-refractivity contribution in [3.63, 3.8) is 0 Å². The zero-order valence-electron chi connectivity index (χ0n) is 19.5. The minimum atomic E-state index is -0.362. The topological polar surface area (TPSA) is 76.0 Å². The number of aromatic nitrogens is 5. The molecule has 33 heavy (non-hydrogen) atoms. The smallest absolute Gasteiger partial charge is 0.332 e. The lowest BCUT2D eigenvalue weighted by Crippen LogP contribution is -2.38. The van der Waals surface area contributed by atoms with Crippen molar-refractivity contribution < 1.29 is 4.74 Å². The van der Waals surface area contributed by atoms with Crippen LogP contribution in [-0.2, 0) is 27.2 Å². The van der Waals surface area contributed by atoms with Crippen LogP contribution in [0.25, 0.3) is 22.4 Å². The molecular formula is C25H29N5O3. The minimum absolute atomic E-state index is 0.208. The molecule has 0 aliphatic rings. The molecule has 0 spiro atoms. The maximum Gasteiger partial charge on any atom is 0.332 e. The SMILES string of the molecule is C=CCOc1ccccc1Cn1nc2c(c1-c1cccn1C)c(=O)n(C)c(=O)n2CC(C)C. The molecular weight excluding hydrogens is 418 g/mol. The first kappa shape index (κ1) is 22.4. The number of aryl methyl sites for hydroxylation is 1. The van der Waals surface area contributed by atoms with Crippen molar-refractivity contribution in [2.45, 2.75) is 26.9 Å². The lowest BCUT2D eigenvalue weighted by atomic mass is 10.1. The summed E-state index contributed by atoms with van der Waals surface area (Å²) in [5, 5.41) is 5.25. The second-order valence-corrected chi connectivity index (χ2v) is 8.57. The van der Waals surface area contributed by atoms with E-state index < -0.39 is 0 Å². The van der Waals surface area contributed by atoms with Gasteiger partial charge in [0.2, 0.25) is 0 Å². The van der Waals surface area contributed by atoms with Crippen molar-refractivity contribution in [2.75, 3.05) is 6.61 Å². The highest BCUT2D eigenvalue weighted by Crippen LogP contribution is 2.29. The van der Waals surface area contributed by atoms with Gasteiger partial charge in [0.25, 0.3) is 5.56 Å². The average molecular weight is 448 g/mol. The summed E-state index contributed by atoms with van der Waals surface area (Å²) in [5.41, 5.74) is 2.12. The van der Waals surface area contributed by atoms with Crippen molar-refractivity contribution in [1.82, 2.24) is 23.5 Å². The molecule has 0 bridgehead atoms. The molecule has 0 N–H and O–H groups in total. The van der Waals surface area contributed by atoms with Crippen LogP contribution in [0, 0.1) is 5.92 Å². The van der Waals surface area contributed by atoms with E-state index in [4.69, 9.17) is 9.84 Å². The van der Waals surface area contributed by atoms with Crippen molar-refractivity contribution in [3.8, 4) is 17.1 Å². The average Bonchev–Trinajstić information content (AvgIpc) is 3.37. The van der Waals surface area contributed by atoms with E-state index in [1.807, 2.05) is 68.1 Å². The molecule has 1 aromatic carbocycles. The normalized spacial score (nSPS) is 11.4. The van der Waals surface area contributed by atoms with Gasteiger partial charge in [0.1, 0.15) is 23.4 Å². The first-order valence-corrected chi connectivity index (χ1v) is 11.0. The Morgan fingerprint density at radius 1 is 1.12 bits per heavy atom. The Morgan fingerprint density at radius 2 is 1.88 bits per heavy atom. The van der Waals surface area contributed by atoms with Gasteiger partial charge < -0.3 is 9.30 Å². The third-order valence-electron chi connectivity index (χ3n) is 5.61. The molecule has 4 rings (SSSR count). The minimum Gasteiger partial charge on any atom is -0.489 e. The number of para-hydroxylation sites is 1. The van der Waals surface area contributed by atoms with Crippen molar-refractivity contribution >= 4 is 11.0 Å². The quantitative estimate of drug-likeness (QED) is 0.389. The highest BCUT2D eigenvalue weighted by molar-refractivity contribution is 5.90. The Bertz CT molecular complexity index is 1430. The Kier molecular flexibility index (Phi) is 6.09. The van der Waals surface area contributed by atoms with E-state index in [1.54, 1.807) is 15.3 Å². The van der Waals surface area contributed by atoms with Gasteiger partial charge >= 0.3 is 5.69 Å². The standard InChI is InChI=1S/C25H29N5O3/c1-6-14-33-20-12-8-7-10-18(20)16-30-22(19-11-9-13-27(19)4)21-23(26-30)29(15-17(2)3)25(32)28(5)24(21)31/h6-13,17H,1,14-16H2,2-5H3. The van der Waals surface area contributed by atoms with E-state index in [-0.39, 0.29) is 17.2 Å². The maximum absolute atomic E-state index is 13.3. The zero-order chi connectivity index (χ0) is 23.7. The van der Waals surface area contributed by atoms with Crippen LogP contribution in [0.1, 0.15) is 19.4 Å². The number of ether oxygens (including phenoxy) is 1. The van der Waals surface area contributed by atoms with Crippen LogP contribution in [0.5, 0.6) is 5.75 Å². The van der Waals surface area contributed by atoms with Crippen LogP contribution in [0.15, 0.2) is 64.8 Å².